The molecule has 0 radical (unpaired) electrons. The van der Waals surface area contributed by atoms with E-state index < -0.39 is 9.84 Å². The van der Waals surface area contributed by atoms with Crippen molar-refractivity contribution in [3.05, 3.63) is 68.8 Å². The molecule has 182 valence electrons. The Hall–Kier alpha value is -1.61. The third-order valence-corrected chi connectivity index (χ3v) is 8.87. The average molecular weight is 469 g/mol. The van der Waals surface area contributed by atoms with E-state index in [1.54, 1.807) is 0 Å². The molecule has 2 aromatic carbocycles. The Morgan fingerprint density at radius 2 is 0.909 bits per heavy atom. The van der Waals surface area contributed by atoms with E-state index in [4.69, 9.17) is 0 Å². The zero-order valence-corrected chi connectivity index (χ0v) is 23.0. The second kappa shape index (κ2) is 9.56. The van der Waals surface area contributed by atoms with Crippen molar-refractivity contribution in [1.29, 1.82) is 0 Å². The van der Waals surface area contributed by atoms with E-state index in [9.17, 15) is 8.42 Å². The lowest BCUT2D eigenvalue weighted by atomic mass is 9.82. The van der Waals surface area contributed by atoms with Crippen LogP contribution in [-0.2, 0) is 45.0 Å². The van der Waals surface area contributed by atoms with Crippen molar-refractivity contribution < 1.29 is 8.42 Å². The van der Waals surface area contributed by atoms with Gasteiger partial charge >= 0.3 is 0 Å². The van der Waals surface area contributed by atoms with Crippen LogP contribution in [0.25, 0.3) is 0 Å². The molecule has 0 saturated carbocycles. The fourth-order valence-electron chi connectivity index (χ4n) is 4.87. The molecule has 0 N–H and O–H groups in total. The van der Waals surface area contributed by atoms with Crippen LogP contribution in [0.2, 0.25) is 0 Å². The van der Waals surface area contributed by atoms with Gasteiger partial charge in [-0.05, 0) is 94.9 Å². The third-order valence-electron chi connectivity index (χ3n) is 7.37. The van der Waals surface area contributed by atoms with E-state index in [0.29, 0.717) is 0 Å². The number of hydrogen-bond acceptors (Lipinski definition) is 2. The molecule has 0 aromatic heterocycles. The molecule has 0 aliphatic carbocycles. The first-order valence-electron chi connectivity index (χ1n) is 12.6. The second-order valence-corrected chi connectivity index (χ2v) is 14.3. The highest BCUT2D eigenvalue weighted by Gasteiger charge is 2.24. The minimum absolute atomic E-state index is 0.00356. The largest absolute Gasteiger partial charge is 0.228 e. The summed E-state index contributed by atoms with van der Waals surface area (Å²) in [5, 5.41) is 0. The highest BCUT2D eigenvalue weighted by molar-refractivity contribution is 7.89. The number of hydrogen-bond donors (Lipinski definition) is 0. The van der Waals surface area contributed by atoms with E-state index in [2.05, 4.69) is 79.7 Å². The first kappa shape index (κ1) is 26.0. The van der Waals surface area contributed by atoms with E-state index in [1.165, 1.54) is 46.2 Å². The van der Waals surface area contributed by atoms with Gasteiger partial charge in [0.2, 0.25) is 0 Å². The van der Waals surface area contributed by atoms with Gasteiger partial charge in [0.25, 0.3) is 0 Å². The van der Waals surface area contributed by atoms with Crippen LogP contribution in [0.3, 0.4) is 0 Å². The first-order valence-corrected chi connectivity index (χ1v) is 14.5. The molecule has 3 rings (SSSR count). The van der Waals surface area contributed by atoms with Gasteiger partial charge in [-0.15, -0.1) is 0 Å². The third kappa shape index (κ3) is 6.50. The van der Waals surface area contributed by atoms with Crippen LogP contribution in [0.15, 0.2) is 24.3 Å². The molecule has 2 aromatic rings. The maximum atomic E-state index is 13.5. The zero-order chi connectivity index (χ0) is 24.6. The molecule has 1 aliphatic rings. The number of fused-ring (bicyclic) bond motifs is 4. The fourth-order valence-corrected chi connectivity index (χ4v) is 6.52. The number of sulfone groups is 1. The van der Waals surface area contributed by atoms with Crippen LogP contribution in [0.4, 0.5) is 0 Å². The Morgan fingerprint density at radius 3 is 1.24 bits per heavy atom. The molecule has 0 unspecified atom stereocenters. The van der Waals surface area contributed by atoms with E-state index in [-0.39, 0.29) is 22.3 Å². The lowest BCUT2D eigenvalue weighted by Gasteiger charge is -2.24. The van der Waals surface area contributed by atoms with Crippen molar-refractivity contribution in [2.45, 2.75) is 116 Å². The SMILES string of the molecule is Cc1c2cc(C(C)(C)C)cc1CS(=O)(=O)Cc1cc(C(C)(C)C)cc(c1C)CCCCCC2. The standard InChI is InChI=1S/C30H44O2S/c1-21-23-13-11-9-10-12-14-24-16-28(30(6,7)8)18-26(22(24)2)20-33(31,32)19-25(21)17-27(15-23)29(3,4)5/h15-18H,9-14,19-20H2,1-8H3. The van der Waals surface area contributed by atoms with Gasteiger partial charge < -0.3 is 0 Å². The van der Waals surface area contributed by atoms with E-state index in [0.717, 1.165) is 36.8 Å². The molecule has 33 heavy (non-hydrogen) atoms. The van der Waals surface area contributed by atoms with Gasteiger partial charge in [0.15, 0.2) is 9.84 Å². The minimum atomic E-state index is -3.30. The summed E-state index contributed by atoms with van der Waals surface area (Å²) in [7, 11) is -3.30. The van der Waals surface area contributed by atoms with Crippen molar-refractivity contribution in [1.82, 2.24) is 0 Å². The quantitative estimate of drug-likeness (QED) is 0.397. The smallest absolute Gasteiger partial charge is 0.158 e. The Bertz CT molecular complexity index is 1030. The highest BCUT2D eigenvalue weighted by Crippen LogP contribution is 2.32. The number of aryl methyl sites for hydroxylation is 2. The van der Waals surface area contributed by atoms with Crippen LogP contribution < -0.4 is 0 Å². The summed E-state index contributed by atoms with van der Waals surface area (Å²) in [5.41, 5.74) is 9.44. The normalized spacial score (nSPS) is 17.8. The van der Waals surface area contributed by atoms with Crippen molar-refractivity contribution in [3.63, 3.8) is 0 Å². The number of benzene rings is 2. The van der Waals surface area contributed by atoms with Gasteiger partial charge in [-0.25, -0.2) is 8.42 Å². The molecular formula is C30H44O2S. The molecular weight excluding hydrogens is 424 g/mol. The summed E-state index contributed by atoms with van der Waals surface area (Å²) < 4.78 is 27.1. The average Bonchev–Trinajstić information content (AvgIpc) is 2.66. The summed E-state index contributed by atoms with van der Waals surface area (Å²) in [6.07, 6.45) is 6.82. The minimum Gasteiger partial charge on any atom is -0.228 e. The van der Waals surface area contributed by atoms with Gasteiger partial charge in [-0.1, -0.05) is 78.6 Å². The Morgan fingerprint density at radius 1 is 0.576 bits per heavy atom. The molecule has 0 saturated heterocycles. The first-order chi connectivity index (χ1) is 15.2. The van der Waals surface area contributed by atoms with Crippen molar-refractivity contribution >= 4 is 9.84 Å². The lowest BCUT2D eigenvalue weighted by Crippen LogP contribution is -2.17. The van der Waals surface area contributed by atoms with Crippen LogP contribution >= 0.6 is 0 Å². The highest BCUT2D eigenvalue weighted by atomic mass is 32.2. The number of rotatable bonds is 0. The van der Waals surface area contributed by atoms with Crippen LogP contribution in [0.5, 0.6) is 0 Å². The topological polar surface area (TPSA) is 34.1 Å². The molecule has 3 heteroatoms. The van der Waals surface area contributed by atoms with Crippen LogP contribution in [0, 0.1) is 13.8 Å². The van der Waals surface area contributed by atoms with Gasteiger partial charge in [0.05, 0.1) is 11.5 Å². The second-order valence-electron chi connectivity index (χ2n) is 12.3. The molecule has 2 nitrogen and oxygen atoms in total. The summed E-state index contributed by atoms with van der Waals surface area (Å²) in [5.74, 6) is 0.231. The summed E-state index contributed by atoms with van der Waals surface area (Å²) in [6, 6.07) is 8.95. The van der Waals surface area contributed by atoms with Gasteiger partial charge in [-0.2, -0.15) is 0 Å². The maximum Gasteiger partial charge on any atom is 0.158 e. The van der Waals surface area contributed by atoms with Crippen molar-refractivity contribution in [2.75, 3.05) is 0 Å². The summed E-state index contributed by atoms with van der Waals surface area (Å²) >= 11 is 0. The molecule has 1 aliphatic heterocycles. The van der Waals surface area contributed by atoms with E-state index >= 15 is 0 Å². The summed E-state index contributed by atoms with van der Waals surface area (Å²) in [6.45, 7) is 17.5. The van der Waals surface area contributed by atoms with Gasteiger partial charge in [0.1, 0.15) is 0 Å². The monoisotopic (exact) mass is 468 g/mol. The summed E-state index contributed by atoms with van der Waals surface area (Å²) in [4.78, 5) is 0. The predicted molar refractivity (Wildman–Crippen MR) is 142 cm³/mol. The molecule has 0 amide bonds. The molecule has 4 bridgehead atoms. The Balaban J connectivity index is 2.12. The van der Waals surface area contributed by atoms with Crippen molar-refractivity contribution in [3.8, 4) is 0 Å². The fraction of sp³-hybridized carbons (Fsp3) is 0.600. The van der Waals surface area contributed by atoms with Gasteiger partial charge in [-0.3, -0.25) is 0 Å². The molecule has 1 heterocycles. The lowest BCUT2D eigenvalue weighted by molar-refractivity contribution is 0.583. The van der Waals surface area contributed by atoms with Crippen molar-refractivity contribution in [2.24, 2.45) is 0 Å². The van der Waals surface area contributed by atoms with Crippen LogP contribution in [-0.4, -0.2) is 8.42 Å². The van der Waals surface area contributed by atoms with Crippen LogP contribution in [0.1, 0.15) is 112 Å². The predicted octanol–water partition coefficient (Wildman–Crippen LogP) is 7.67. The van der Waals surface area contributed by atoms with Gasteiger partial charge in [0, 0.05) is 0 Å². The van der Waals surface area contributed by atoms with E-state index in [1.807, 2.05) is 0 Å². The maximum absolute atomic E-state index is 13.5. The zero-order valence-electron chi connectivity index (χ0n) is 22.2. The Kier molecular flexibility index (Phi) is 7.54. The molecule has 0 fully saturated rings. The Labute approximate surface area is 203 Å². The molecule has 0 atom stereocenters. The molecule has 0 spiro atoms.